The van der Waals surface area contributed by atoms with Crippen molar-refractivity contribution in [1.29, 1.82) is 0 Å². The van der Waals surface area contributed by atoms with Crippen molar-refractivity contribution in [1.82, 2.24) is 9.97 Å². The fraction of sp³-hybridized carbons (Fsp3) is 0.500. The molecule has 0 spiro atoms. The fourth-order valence-corrected chi connectivity index (χ4v) is 0.927. The van der Waals surface area contributed by atoms with Crippen molar-refractivity contribution in [2.45, 2.75) is 20.3 Å². The highest BCUT2D eigenvalue weighted by atomic mass is 16.5. The van der Waals surface area contributed by atoms with Crippen molar-refractivity contribution >= 4 is 5.82 Å². The highest BCUT2D eigenvalue weighted by Crippen LogP contribution is 2.12. The number of anilines is 1. The first-order valence-electron chi connectivity index (χ1n) is 4.27. The molecule has 0 amide bonds. The van der Waals surface area contributed by atoms with E-state index in [0.29, 0.717) is 18.3 Å². The van der Waals surface area contributed by atoms with Gasteiger partial charge in [-0.1, -0.05) is 6.92 Å². The van der Waals surface area contributed by atoms with Gasteiger partial charge in [-0.25, -0.2) is 10.8 Å². The fourth-order valence-electron chi connectivity index (χ4n) is 0.927. The van der Waals surface area contributed by atoms with E-state index in [0.717, 1.165) is 12.2 Å². The first-order chi connectivity index (χ1) is 6.30. The quantitative estimate of drug-likeness (QED) is 0.530. The highest BCUT2D eigenvalue weighted by Gasteiger charge is 2.02. The summed E-state index contributed by atoms with van der Waals surface area (Å²) >= 11 is 0. The molecule has 1 rings (SSSR count). The lowest BCUT2D eigenvalue weighted by Crippen LogP contribution is -2.11. The number of hydrogen-bond donors (Lipinski definition) is 2. The molecule has 1 aromatic heterocycles. The van der Waals surface area contributed by atoms with Crippen LogP contribution in [0.1, 0.15) is 19.7 Å². The molecule has 0 saturated carbocycles. The zero-order chi connectivity index (χ0) is 9.68. The molecule has 13 heavy (non-hydrogen) atoms. The van der Waals surface area contributed by atoms with E-state index in [9.17, 15) is 0 Å². The zero-order valence-electron chi connectivity index (χ0n) is 7.87. The molecule has 0 atom stereocenters. The largest absolute Gasteiger partial charge is 0.478 e. The van der Waals surface area contributed by atoms with Gasteiger partial charge in [0.15, 0.2) is 0 Å². The zero-order valence-corrected chi connectivity index (χ0v) is 7.87. The van der Waals surface area contributed by atoms with Crippen LogP contribution in [-0.4, -0.2) is 16.6 Å². The Kier molecular flexibility index (Phi) is 3.45. The molecular weight excluding hydrogens is 168 g/mol. The van der Waals surface area contributed by atoms with Crippen LogP contribution < -0.4 is 16.0 Å². The minimum atomic E-state index is 0.558. The van der Waals surface area contributed by atoms with Crippen molar-refractivity contribution in [3.05, 3.63) is 11.9 Å². The number of nitrogens with two attached hydrogens (primary N) is 1. The van der Waals surface area contributed by atoms with Gasteiger partial charge in [0.2, 0.25) is 5.88 Å². The van der Waals surface area contributed by atoms with Crippen LogP contribution in [0.25, 0.3) is 0 Å². The number of rotatable bonds is 4. The van der Waals surface area contributed by atoms with Gasteiger partial charge in [-0.15, -0.1) is 0 Å². The molecule has 1 heterocycles. The van der Waals surface area contributed by atoms with Gasteiger partial charge < -0.3 is 10.2 Å². The number of aromatic nitrogens is 2. The first-order valence-corrected chi connectivity index (χ1v) is 4.27. The van der Waals surface area contributed by atoms with E-state index in [-0.39, 0.29) is 0 Å². The number of ether oxygens (including phenoxy) is 1. The van der Waals surface area contributed by atoms with Crippen LogP contribution in [0.2, 0.25) is 0 Å². The van der Waals surface area contributed by atoms with Gasteiger partial charge in [-0.2, -0.15) is 4.98 Å². The minimum absolute atomic E-state index is 0.558. The molecule has 0 aliphatic rings. The molecule has 3 N–H and O–H groups in total. The maximum atomic E-state index is 5.24. The minimum Gasteiger partial charge on any atom is -0.478 e. The summed E-state index contributed by atoms with van der Waals surface area (Å²) in [7, 11) is 0. The van der Waals surface area contributed by atoms with Crippen LogP contribution in [0.3, 0.4) is 0 Å². The van der Waals surface area contributed by atoms with Gasteiger partial charge in [0.1, 0.15) is 11.6 Å². The summed E-state index contributed by atoms with van der Waals surface area (Å²) in [6, 6.07) is 1.67. The maximum absolute atomic E-state index is 5.24. The van der Waals surface area contributed by atoms with E-state index in [1.54, 1.807) is 6.07 Å². The molecule has 0 aliphatic heterocycles. The van der Waals surface area contributed by atoms with E-state index < -0.39 is 0 Å². The number of hydrogen-bond acceptors (Lipinski definition) is 5. The molecule has 0 unspecified atom stereocenters. The van der Waals surface area contributed by atoms with E-state index in [1.165, 1.54) is 0 Å². The van der Waals surface area contributed by atoms with Crippen molar-refractivity contribution < 1.29 is 4.74 Å². The van der Waals surface area contributed by atoms with E-state index in [4.69, 9.17) is 10.6 Å². The summed E-state index contributed by atoms with van der Waals surface area (Å²) in [4.78, 5) is 8.29. The first kappa shape index (κ1) is 9.73. The predicted molar refractivity (Wildman–Crippen MR) is 50.4 cm³/mol. The number of nitrogens with zero attached hydrogens (tertiary/aromatic N) is 2. The lowest BCUT2D eigenvalue weighted by molar-refractivity contribution is 0.325. The van der Waals surface area contributed by atoms with Crippen LogP contribution in [0.15, 0.2) is 6.07 Å². The van der Waals surface area contributed by atoms with Crippen molar-refractivity contribution in [3.63, 3.8) is 0 Å². The number of nitrogens with one attached hydrogen (secondary N) is 1. The topological polar surface area (TPSA) is 73.1 Å². The predicted octanol–water partition coefficient (Wildman–Crippen LogP) is 0.723. The monoisotopic (exact) mass is 182 g/mol. The molecule has 0 radical (unpaired) electrons. The normalized spacial score (nSPS) is 9.77. The van der Waals surface area contributed by atoms with E-state index >= 15 is 0 Å². The standard InChI is InChI=1S/C8H14N4O/c1-3-6-10-7(12-9)5-8(11-6)13-4-2/h5H,3-4,9H2,1-2H3,(H,10,11,12). The van der Waals surface area contributed by atoms with Gasteiger partial charge in [0, 0.05) is 12.5 Å². The summed E-state index contributed by atoms with van der Waals surface area (Å²) < 4.78 is 5.24. The third-order valence-corrected chi connectivity index (χ3v) is 1.51. The smallest absolute Gasteiger partial charge is 0.218 e. The Hall–Kier alpha value is -1.36. The summed E-state index contributed by atoms with van der Waals surface area (Å²) in [5.74, 6) is 7.10. The maximum Gasteiger partial charge on any atom is 0.218 e. The van der Waals surface area contributed by atoms with Gasteiger partial charge in [-0.3, -0.25) is 0 Å². The van der Waals surface area contributed by atoms with Crippen molar-refractivity contribution in [2.24, 2.45) is 5.84 Å². The summed E-state index contributed by atoms with van der Waals surface area (Å²) in [5.41, 5.74) is 2.47. The third-order valence-electron chi connectivity index (χ3n) is 1.51. The second kappa shape index (κ2) is 4.61. The molecule has 5 heteroatoms. The summed E-state index contributed by atoms with van der Waals surface area (Å²) in [6.07, 6.45) is 0.760. The molecule has 0 aliphatic carbocycles. The number of nitrogen functional groups attached to an aromatic ring is 1. The van der Waals surface area contributed by atoms with Crippen LogP contribution >= 0.6 is 0 Å². The second-order valence-corrected chi connectivity index (χ2v) is 2.44. The lowest BCUT2D eigenvalue weighted by atomic mass is 10.4. The second-order valence-electron chi connectivity index (χ2n) is 2.44. The van der Waals surface area contributed by atoms with Crippen LogP contribution in [0.4, 0.5) is 5.82 Å². The average Bonchev–Trinajstić information content (AvgIpc) is 2.17. The van der Waals surface area contributed by atoms with Crippen LogP contribution in [0, 0.1) is 0 Å². The lowest BCUT2D eigenvalue weighted by Gasteiger charge is -2.06. The third kappa shape index (κ3) is 2.55. The van der Waals surface area contributed by atoms with Crippen molar-refractivity contribution in [2.75, 3.05) is 12.0 Å². The Labute approximate surface area is 77.3 Å². The molecule has 5 nitrogen and oxygen atoms in total. The van der Waals surface area contributed by atoms with Crippen LogP contribution in [-0.2, 0) is 6.42 Å². The molecule has 0 fully saturated rings. The summed E-state index contributed by atoms with van der Waals surface area (Å²) in [5, 5.41) is 0. The average molecular weight is 182 g/mol. The number of hydrazine groups is 1. The Balaban J connectivity index is 2.93. The van der Waals surface area contributed by atoms with Gasteiger partial charge >= 0.3 is 0 Å². The molecule has 1 aromatic rings. The molecule has 72 valence electrons. The summed E-state index contributed by atoms with van der Waals surface area (Å²) in [6.45, 7) is 4.47. The Morgan fingerprint density at radius 1 is 1.46 bits per heavy atom. The molecule has 0 bridgehead atoms. The molecule has 0 saturated heterocycles. The Bertz CT molecular complexity index is 255. The van der Waals surface area contributed by atoms with Gasteiger partial charge in [0.05, 0.1) is 6.61 Å². The molecular formula is C8H14N4O. The van der Waals surface area contributed by atoms with Gasteiger partial charge in [-0.05, 0) is 6.92 Å². The Morgan fingerprint density at radius 3 is 2.77 bits per heavy atom. The van der Waals surface area contributed by atoms with Gasteiger partial charge in [0.25, 0.3) is 0 Å². The SMILES string of the molecule is CCOc1cc(NN)nc(CC)n1. The Morgan fingerprint density at radius 2 is 2.23 bits per heavy atom. The van der Waals surface area contributed by atoms with Crippen LogP contribution in [0.5, 0.6) is 5.88 Å². The van der Waals surface area contributed by atoms with E-state index in [2.05, 4.69) is 15.4 Å². The highest BCUT2D eigenvalue weighted by molar-refractivity contribution is 5.36. The number of aryl methyl sites for hydroxylation is 1. The van der Waals surface area contributed by atoms with E-state index in [1.807, 2.05) is 13.8 Å². The molecule has 0 aromatic carbocycles. The van der Waals surface area contributed by atoms with Crippen molar-refractivity contribution in [3.8, 4) is 5.88 Å².